The van der Waals surface area contributed by atoms with E-state index in [1.165, 1.54) is 18.2 Å². The number of rotatable bonds is 9. The molecule has 0 saturated heterocycles. The second-order valence-corrected chi connectivity index (χ2v) is 7.91. The highest BCUT2D eigenvalue weighted by atomic mass is 35.5. The van der Waals surface area contributed by atoms with E-state index >= 15 is 0 Å². The molecule has 0 unspecified atom stereocenters. The molecule has 0 aliphatic heterocycles. The maximum atomic E-state index is 12.7. The van der Waals surface area contributed by atoms with E-state index in [0.29, 0.717) is 5.69 Å². The van der Waals surface area contributed by atoms with Gasteiger partial charge < -0.3 is 19.9 Å². The van der Waals surface area contributed by atoms with Gasteiger partial charge in [-0.25, -0.2) is 9.59 Å². The van der Waals surface area contributed by atoms with Gasteiger partial charge in [-0.1, -0.05) is 54.1 Å². The molecule has 0 aliphatic carbocycles. The van der Waals surface area contributed by atoms with Crippen molar-refractivity contribution in [1.82, 2.24) is 5.32 Å². The fourth-order valence-corrected chi connectivity index (χ4v) is 3.70. The molecule has 0 heterocycles. The molecule has 1 atom stereocenters. The molecule has 8 nitrogen and oxygen atoms in total. The van der Waals surface area contributed by atoms with Crippen molar-refractivity contribution >= 4 is 35.3 Å². The predicted molar refractivity (Wildman–Crippen MR) is 133 cm³/mol. The molecule has 3 aromatic carbocycles. The number of hydrogen-bond acceptors (Lipinski definition) is 5. The average molecular weight is 497 g/mol. The van der Waals surface area contributed by atoms with Gasteiger partial charge in [-0.2, -0.15) is 0 Å². The number of benzene rings is 3. The minimum atomic E-state index is -1.18. The maximum absolute atomic E-state index is 12.7. The van der Waals surface area contributed by atoms with Gasteiger partial charge in [-0.05, 0) is 42.3 Å². The SMILES string of the molecule is CCOC(=O)Nc1ccc(C(=O)N[C@@H](Cc2ccc(-c3ccccc3OC)cc2)C(=O)O)c(Cl)c1. The van der Waals surface area contributed by atoms with Crippen LogP contribution in [0, 0.1) is 0 Å². The molecule has 3 aromatic rings. The summed E-state index contributed by atoms with van der Waals surface area (Å²) in [4.78, 5) is 36.1. The minimum Gasteiger partial charge on any atom is -0.496 e. The molecule has 35 heavy (non-hydrogen) atoms. The lowest BCUT2D eigenvalue weighted by Gasteiger charge is -2.16. The van der Waals surface area contributed by atoms with Gasteiger partial charge in [0.15, 0.2) is 0 Å². The summed E-state index contributed by atoms with van der Waals surface area (Å²) in [6, 6.07) is 18.1. The molecular formula is C26H25ClN2O6. The summed E-state index contributed by atoms with van der Waals surface area (Å²) in [5.41, 5.74) is 3.00. The Bertz CT molecular complexity index is 1210. The van der Waals surface area contributed by atoms with Crippen molar-refractivity contribution < 1.29 is 29.0 Å². The van der Waals surface area contributed by atoms with Gasteiger partial charge in [-0.15, -0.1) is 0 Å². The number of carboxylic acid groups (broad SMARTS) is 1. The molecule has 0 spiro atoms. The Kier molecular flexibility index (Phi) is 8.69. The number of amides is 2. The molecule has 0 bridgehead atoms. The molecule has 3 rings (SSSR count). The Hall–Kier alpha value is -4.04. The highest BCUT2D eigenvalue weighted by Crippen LogP contribution is 2.29. The number of ether oxygens (including phenoxy) is 2. The third kappa shape index (κ3) is 6.74. The zero-order valence-corrected chi connectivity index (χ0v) is 20.0. The number of carbonyl (C=O) groups is 3. The van der Waals surface area contributed by atoms with E-state index in [4.69, 9.17) is 21.1 Å². The molecule has 2 amide bonds. The van der Waals surface area contributed by atoms with Crippen LogP contribution < -0.4 is 15.4 Å². The highest BCUT2D eigenvalue weighted by Gasteiger charge is 2.23. The number of anilines is 1. The van der Waals surface area contributed by atoms with E-state index in [-0.39, 0.29) is 23.6 Å². The summed E-state index contributed by atoms with van der Waals surface area (Å²) in [6.07, 6.45) is -0.573. The number of halogens is 1. The van der Waals surface area contributed by atoms with Crippen molar-refractivity contribution in [2.75, 3.05) is 19.0 Å². The second kappa shape index (κ2) is 11.9. The van der Waals surface area contributed by atoms with Crippen LogP contribution in [0.25, 0.3) is 11.1 Å². The van der Waals surface area contributed by atoms with Gasteiger partial charge >= 0.3 is 12.1 Å². The first kappa shape index (κ1) is 25.6. The Balaban J connectivity index is 1.70. The molecule has 0 fully saturated rings. The second-order valence-electron chi connectivity index (χ2n) is 7.51. The van der Waals surface area contributed by atoms with Gasteiger partial charge in [0.2, 0.25) is 0 Å². The van der Waals surface area contributed by atoms with Crippen LogP contribution in [0.1, 0.15) is 22.8 Å². The van der Waals surface area contributed by atoms with Gasteiger partial charge in [0, 0.05) is 17.7 Å². The van der Waals surface area contributed by atoms with Crippen molar-refractivity contribution in [3.63, 3.8) is 0 Å². The van der Waals surface area contributed by atoms with Crippen molar-refractivity contribution in [3.05, 3.63) is 82.9 Å². The third-order valence-electron chi connectivity index (χ3n) is 5.15. The van der Waals surface area contributed by atoms with E-state index in [0.717, 1.165) is 22.4 Å². The van der Waals surface area contributed by atoms with Crippen LogP contribution in [0.3, 0.4) is 0 Å². The lowest BCUT2D eigenvalue weighted by atomic mass is 10.00. The monoisotopic (exact) mass is 496 g/mol. The number of hydrogen-bond donors (Lipinski definition) is 3. The molecule has 182 valence electrons. The average Bonchev–Trinajstić information content (AvgIpc) is 2.84. The number of aliphatic carboxylic acids is 1. The highest BCUT2D eigenvalue weighted by molar-refractivity contribution is 6.34. The topological polar surface area (TPSA) is 114 Å². The molecule has 9 heteroatoms. The summed E-state index contributed by atoms with van der Waals surface area (Å²) < 4.78 is 10.2. The molecular weight excluding hydrogens is 472 g/mol. The molecule has 0 radical (unpaired) electrons. The Morgan fingerprint density at radius 3 is 2.37 bits per heavy atom. The lowest BCUT2D eigenvalue weighted by molar-refractivity contribution is -0.139. The van der Waals surface area contributed by atoms with Crippen LogP contribution in [0.4, 0.5) is 10.5 Å². The van der Waals surface area contributed by atoms with Crippen molar-refractivity contribution in [3.8, 4) is 16.9 Å². The van der Waals surface area contributed by atoms with Gasteiger partial charge in [0.1, 0.15) is 11.8 Å². The zero-order chi connectivity index (χ0) is 25.4. The Labute approximate surface area is 207 Å². The Morgan fingerprint density at radius 1 is 1.03 bits per heavy atom. The number of methoxy groups -OCH3 is 1. The quantitative estimate of drug-likeness (QED) is 0.383. The minimum absolute atomic E-state index is 0.0575. The molecule has 0 aliphatic rings. The third-order valence-corrected chi connectivity index (χ3v) is 5.46. The van der Waals surface area contributed by atoms with E-state index in [1.807, 2.05) is 48.5 Å². The number of carboxylic acids is 1. The number of para-hydroxylation sites is 1. The molecule has 0 aromatic heterocycles. The predicted octanol–water partition coefficient (Wildman–Crippen LogP) is 5.01. The van der Waals surface area contributed by atoms with Gasteiger partial charge in [-0.3, -0.25) is 10.1 Å². The summed E-state index contributed by atoms with van der Waals surface area (Å²) in [6.45, 7) is 1.88. The Morgan fingerprint density at radius 2 is 1.74 bits per heavy atom. The molecule has 3 N–H and O–H groups in total. The fraction of sp³-hybridized carbons (Fsp3) is 0.192. The molecule has 0 saturated carbocycles. The van der Waals surface area contributed by atoms with Crippen molar-refractivity contribution in [2.45, 2.75) is 19.4 Å². The van der Waals surface area contributed by atoms with Crippen LogP contribution in [-0.2, 0) is 16.0 Å². The van der Waals surface area contributed by atoms with Gasteiger partial charge in [0.25, 0.3) is 5.91 Å². The van der Waals surface area contributed by atoms with E-state index < -0.39 is 24.0 Å². The summed E-state index contributed by atoms with van der Waals surface area (Å²) in [7, 11) is 1.60. The van der Waals surface area contributed by atoms with Gasteiger partial charge in [0.05, 0.1) is 24.3 Å². The summed E-state index contributed by atoms with van der Waals surface area (Å²) in [5.74, 6) is -1.09. The normalized spacial score (nSPS) is 11.3. The fourth-order valence-electron chi connectivity index (χ4n) is 3.44. The first-order valence-corrected chi connectivity index (χ1v) is 11.2. The van der Waals surface area contributed by atoms with Crippen molar-refractivity contribution in [2.24, 2.45) is 0 Å². The zero-order valence-electron chi connectivity index (χ0n) is 19.2. The first-order chi connectivity index (χ1) is 16.8. The van der Waals surface area contributed by atoms with Crippen LogP contribution in [0.15, 0.2) is 66.7 Å². The van der Waals surface area contributed by atoms with Crippen LogP contribution >= 0.6 is 11.6 Å². The van der Waals surface area contributed by atoms with Crippen LogP contribution in [0.2, 0.25) is 5.02 Å². The van der Waals surface area contributed by atoms with Crippen LogP contribution in [-0.4, -0.2) is 42.8 Å². The van der Waals surface area contributed by atoms with Crippen LogP contribution in [0.5, 0.6) is 5.75 Å². The summed E-state index contributed by atoms with van der Waals surface area (Å²) in [5, 5.41) is 14.7. The smallest absolute Gasteiger partial charge is 0.411 e. The van der Waals surface area contributed by atoms with E-state index in [9.17, 15) is 19.5 Å². The largest absolute Gasteiger partial charge is 0.496 e. The summed E-state index contributed by atoms with van der Waals surface area (Å²) >= 11 is 6.20. The lowest BCUT2D eigenvalue weighted by Crippen LogP contribution is -2.42. The van der Waals surface area contributed by atoms with E-state index in [1.54, 1.807) is 14.0 Å². The van der Waals surface area contributed by atoms with E-state index in [2.05, 4.69) is 10.6 Å². The number of carbonyl (C=O) groups excluding carboxylic acids is 2. The van der Waals surface area contributed by atoms with Crippen molar-refractivity contribution in [1.29, 1.82) is 0 Å². The first-order valence-electron chi connectivity index (χ1n) is 10.8. The maximum Gasteiger partial charge on any atom is 0.411 e. The number of nitrogens with one attached hydrogen (secondary N) is 2. The standard InChI is InChI=1S/C26H25ClN2O6/c1-3-35-26(33)28-18-12-13-20(21(27)15-18)24(30)29-22(25(31)32)14-16-8-10-17(11-9-16)19-6-4-5-7-23(19)34-2/h4-13,15,22H,3,14H2,1-2H3,(H,28,33)(H,29,30)(H,31,32)/t22-/m0/s1.